The van der Waals surface area contributed by atoms with Crippen molar-refractivity contribution in [3.63, 3.8) is 0 Å². The molecular weight excluding hydrogens is 332 g/mol. The molecular formula is C20H24N2O4. The van der Waals surface area contributed by atoms with Crippen LogP contribution in [0.4, 0.5) is 5.69 Å². The lowest BCUT2D eigenvalue weighted by molar-refractivity contribution is -0.144. The highest BCUT2D eigenvalue weighted by atomic mass is 16.5. The van der Waals surface area contributed by atoms with Crippen LogP contribution in [0.1, 0.15) is 12.0 Å². The molecule has 1 amide bonds. The van der Waals surface area contributed by atoms with Crippen LogP contribution in [0, 0.1) is 5.92 Å². The lowest BCUT2D eigenvalue weighted by atomic mass is 10.0. The van der Waals surface area contributed by atoms with E-state index in [-0.39, 0.29) is 12.3 Å². The third kappa shape index (κ3) is 6.22. The van der Waals surface area contributed by atoms with Crippen molar-refractivity contribution in [3.05, 3.63) is 60.2 Å². The molecule has 0 unspecified atom stereocenters. The minimum atomic E-state index is -0.977. The number of carboxylic acids is 1. The number of hydrogen-bond acceptors (Lipinski definition) is 4. The van der Waals surface area contributed by atoms with Crippen molar-refractivity contribution in [2.75, 3.05) is 26.0 Å². The first-order valence-corrected chi connectivity index (χ1v) is 8.37. The second-order valence-corrected chi connectivity index (χ2v) is 6.20. The van der Waals surface area contributed by atoms with E-state index in [9.17, 15) is 14.7 Å². The standard InChI is InChI=1S/C20H24N2O4/c1-22(13-15-6-4-3-5-7-15)14-16(20(24)25)12-19(23)21-17-8-10-18(26-2)11-9-17/h3-11,16H,12-14H2,1-2H3,(H,21,23)(H,24,25)/t16-/m0/s1. The number of anilines is 1. The van der Waals surface area contributed by atoms with E-state index in [0.29, 0.717) is 24.5 Å². The van der Waals surface area contributed by atoms with Gasteiger partial charge in [-0.25, -0.2) is 0 Å². The number of amides is 1. The van der Waals surface area contributed by atoms with Crippen LogP contribution in [0.5, 0.6) is 5.75 Å². The Bertz CT molecular complexity index is 716. The van der Waals surface area contributed by atoms with Crippen molar-refractivity contribution in [1.29, 1.82) is 0 Å². The molecule has 138 valence electrons. The number of nitrogens with zero attached hydrogens (tertiary/aromatic N) is 1. The number of benzene rings is 2. The maximum Gasteiger partial charge on any atom is 0.308 e. The van der Waals surface area contributed by atoms with Crippen LogP contribution in [0.15, 0.2) is 54.6 Å². The van der Waals surface area contributed by atoms with Crippen molar-refractivity contribution in [2.45, 2.75) is 13.0 Å². The summed E-state index contributed by atoms with van der Waals surface area (Å²) in [7, 11) is 3.42. The number of rotatable bonds is 9. The molecule has 0 heterocycles. The average Bonchev–Trinajstić information content (AvgIpc) is 2.62. The quantitative estimate of drug-likeness (QED) is 0.722. The maximum atomic E-state index is 12.2. The molecule has 1 atom stereocenters. The Kier molecular flexibility index (Phi) is 7.17. The Labute approximate surface area is 153 Å². The SMILES string of the molecule is COc1ccc(NC(=O)C[C@@H](CN(C)Cc2ccccc2)C(=O)O)cc1. The third-order valence-electron chi connectivity index (χ3n) is 3.98. The summed E-state index contributed by atoms with van der Waals surface area (Å²) in [6, 6.07) is 16.7. The molecule has 2 rings (SSSR count). The zero-order valence-corrected chi connectivity index (χ0v) is 15.0. The van der Waals surface area contributed by atoms with Gasteiger partial charge in [0.25, 0.3) is 0 Å². The molecule has 0 aliphatic carbocycles. The minimum Gasteiger partial charge on any atom is -0.497 e. The number of carboxylic acid groups (broad SMARTS) is 1. The second-order valence-electron chi connectivity index (χ2n) is 6.20. The largest absolute Gasteiger partial charge is 0.497 e. The smallest absolute Gasteiger partial charge is 0.308 e. The van der Waals surface area contributed by atoms with E-state index in [1.807, 2.05) is 42.3 Å². The van der Waals surface area contributed by atoms with Gasteiger partial charge >= 0.3 is 5.97 Å². The molecule has 0 aliphatic heterocycles. The average molecular weight is 356 g/mol. The number of nitrogens with one attached hydrogen (secondary N) is 1. The van der Waals surface area contributed by atoms with Crippen molar-refractivity contribution in [3.8, 4) is 5.75 Å². The van der Waals surface area contributed by atoms with Gasteiger partial charge in [-0.15, -0.1) is 0 Å². The Morgan fingerprint density at radius 1 is 1.12 bits per heavy atom. The predicted molar refractivity (Wildman–Crippen MR) is 100 cm³/mol. The molecule has 2 aromatic carbocycles. The van der Waals surface area contributed by atoms with Gasteiger partial charge in [-0.1, -0.05) is 30.3 Å². The van der Waals surface area contributed by atoms with Gasteiger partial charge in [-0.3, -0.25) is 9.59 Å². The fraction of sp³-hybridized carbons (Fsp3) is 0.300. The van der Waals surface area contributed by atoms with Gasteiger partial charge in [0.15, 0.2) is 0 Å². The van der Waals surface area contributed by atoms with Crippen LogP contribution in [-0.2, 0) is 16.1 Å². The highest BCUT2D eigenvalue weighted by molar-refractivity contribution is 5.93. The molecule has 0 bridgehead atoms. The van der Waals surface area contributed by atoms with Gasteiger partial charge in [0, 0.05) is 25.2 Å². The van der Waals surface area contributed by atoms with Gasteiger partial charge < -0.3 is 20.1 Å². The van der Waals surface area contributed by atoms with E-state index in [4.69, 9.17) is 4.74 Å². The fourth-order valence-corrected chi connectivity index (χ4v) is 2.68. The third-order valence-corrected chi connectivity index (χ3v) is 3.98. The molecule has 0 fully saturated rings. The molecule has 6 nitrogen and oxygen atoms in total. The summed E-state index contributed by atoms with van der Waals surface area (Å²) in [6.07, 6.45) is -0.0828. The zero-order chi connectivity index (χ0) is 18.9. The molecule has 6 heteroatoms. The van der Waals surface area contributed by atoms with E-state index in [1.54, 1.807) is 31.4 Å². The summed E-state index contributed by atoms with van der Waals surface area (Å²) >= 11 is 0. The van der Waals surface area contributed by atoms with Gasteiger partial charge in [0.05, 0.1) is 13.0 Å². The molecule has 0 aromatic heterocycles. The monoisotopic (exact) mass is 356 g/mol. The fourth-order valence-electron chi connectivity index (χ4n) is 2.68. The number of aliphatic carboxylic acids is 1. The van der Waals surface area contributed by atoms with Gasteiger partial charge in [0.1, 0.15) is 5.75 Å². The van der Waals surface area contributed by atoms with Crippen LogP contribution in [0.2, 0.25) is 0 Å². The normalized spacial score (nSPS) is 11.8. The van der Waals surface area contributed by atoms with E-state index in [2.05, 4.69) is 5.32 Å². The van der Waals surface area contributed by atoms with Crippen molar-refractivity contribution < 1.29 is 19.4 Å². The maximum absolute atomic E-state index is 12.2. The van der Waals surface area contributed by atoms with Crippen LogP contribution in [0.3, 0.4) is 0 Å². The number of hydrogen-bond donors (Lipinski definition) is 2. The van der Waals surface area contributed by atoms with Crippen molar-refractivity contribution >= 4 is 17.6 Å². The molecule has 0 saturated heterocycles. The number of carbonyl (C=O) groups excluding carboxylic acids is 1. The van der Waals surface area contributed by atoms with E-state index in [0.717, 1.165) is 5.56 Å². The predicted octanol–water partition coefficient (Wildman–Crippen LogP) is 2.86. The Balaban J connectivity index is 1.89. The molecule has 26 heavy (non-hydrogen) atoms. The summed E-state index contributed by atoms with van der Waals surface area (Å²) in [6.45, 7) is 0.922. The topological polar surface area (TPSA) is 78.9 Å². The minimum absolute atomic E-state index is 0.0828. The number of carbonyl (C=O) groups is 2. The summed E-state index contributed by atoms with van der Waals surface area (Å²) in [5, 5.41) is 12.2. The van der Waals surface area contributed by atoms with Crippen LogP contribution in [-0.4, -0.2) is 42.6 Å². The second kappa shape index (κ2) is 9.58. The van der Waals surface area contributed by atoms with Crippen molar-refractivity contribution in [1.82, 2.24) is 4.90 Å². The number of ether oxygens (including phenoxy) is 1. The van der Waals surface area contributed by atoms with Gasteiger partial charge in [-0.2, -0.15) is 0 Å². The first kappa shape index (κ1) is 19.5. The van der Waals surface area contributed by atoms with Gasteiger partial charge in [-0.05, 0) is 36.9 Å². The molecule has 0 saturated carbocycles. The summed E-state index contributed by atoms with van der Waals surface area (Å²) < 4.78 is 5.07. The molecule has 2 N–H and O–H groups in total. The first-order chi connectivity index (χ1) is 12.5. The molecule has 0 radical (unpaired) electrons. The molecule has 0 spiro atoms. The molecule has 0 aliphatic rings. The van der Waals surface area contributed by atoms with Crippen molar-refractivity contribution in [2.24, 2.45) is 5.92 Å². The highest BCUT2D eigenvalue weighted by Gasteiger charge is 2.23. The van der Waals surface area contributed by atoms with Crippen LogP contribution >= 0.6 is 0 Å². The van der Waals surface area contributed by atoms with Crippen LogP contribution in [0.25, 0.3) is 0 Å². The van der Waals surface area contributed by atoms with Gasteiger partial charge in [0.2, 0.25) is 5.91 Å². The van der Waals surface area contributed by atoms with Crippen LogP contribution < -0.4 is 10.1 Å². The lowest BCUT2D eigenvalue weighted by Gasteiger charge is -2.21. The Morgan fingerprint density at radius 2 is 1.77 bits per heavy atom. The molecule has 2 aromatic rings. The van der Waals surface area contributed by atoms with E-state index >= 15 is 0 Å². The summed E-state index contributed by atoms with van der Waals surface area (Å²) in [5.41, 5.74) is 1.71. The van der Waals surface area contributed by atoms with E-state index < -0.39 is 11.9 Å². The lowest BCUT2D eigenvalue weighted by Crippen LogP contribution is -2.33. The summed E-state index contributed by atoms with van der Waals surface area (Å²) in [4.78, 5) is 25.6. The van der Waals surface area contributed by atoms with E-state index in [1.165, 1.54) is 0 Å². The summed E-state index contributed by atoms with van der Waals surface area (Å²) in [5.74, 6) is -1.39. The number of methoxy groups -OCH3 is 1. The zero-order valence-electron chi connectivity index (χ0n) is 15.0. The Morgan fingerprint density at radius 3 is 2.35 bits per heavy atom. The Hall–Kier alpha value is -2.86. The first-order valence-electron chi connectivity index (χ1n) is 8.37. The highest BCUT2D eigenvalue weighted by Crippen LogP contribution is 2.16.